The third-order valence-corrected chi connectivity index (χ3v) is 2.50. The number of hydrogen-bond acceptors (Lipinski definition) is 5. The molecule has 0 fully saturated rings. The van der Waals surface area contributed by atoms with Crippen LogP contribution in [0, 0.1) is 6.92 Å². The summed E-state index contributed by atoms with van der Waals surface area (Å²) in [6, 6.07) is 3.05. The number of aliphatic hydroxyl groups excluding tert-OH is 1. The van der Waals surface area contributed by atoms with Crippen LogP contribution in [0.5, 0.6) is 5.75 Å². The van der Waals surface area contributed by atoms with E-state index in [0.29, 0.717) is 11.3 Å². The van der Waals surface area contributed by atoms with Crippen LogP contribution in [0.2, 0.25) is 0 Å². The van der Waals surface area contributed by atoms with Crippen LogP contribution in [0.25, 0.3) is 5.65 Å². The van der Waals surface area contributed by atoms with E-state index >= 15 is 0 Å². The molecule has 7 nitrogen and oxygen atoms in total. The van der Waals surface area contributed by atoms with E-state index in [1.165, 1.54) is 10.5 Å². The second kappa shape index (κ2) is 6.67. The SMILES string of the molecule is CC(=O)O.Cc1nc2c(O)cccn2c(=O)c1CCO. The highest BCUT2D eigenvalue weighted by atomic mass is 16.4. The van der Waals surface area contributed by atoms with Crippen LogP contribution in [0.3, 0.4) is 0 Å². The molecule has 0 aliphatic rings. The van der Waals surface area contributed by atoms with Crippen molar-refractivity contribution < 1.29 is 20.1 Å². The smallest absolute Gasteiger partial charge is 0.300 e. The van der Waals surface area contributed by atoms with Crippen LogP contribution in [0.1, 0.15) is 18.2 Å². The minimum atomic E-state index is -0.833. The number of aryl methyl sites for hydroxylation is 1. The van der Waals surface area contributed by atoms with E-state index in [9.17, 15) is 9.90 Å². The number of pyridine rings is 1. The van der Waals surface area contributed by atoms with Crippen molar-refractivity contribution in [3.8, 4) is 5.75 Å². The first-order valence-corrected chi connectivity index (χ1v) is 5.88. The Kier molecular flexibility index (Phi) is 5.22. The highest BCUT2D eigenvalue weighted by Crippen LogP contribution is 2.14. The lowest BCUT2D eigenvalue weighted by Crippen LogP contribution is -2.22. The van der Waals surface area contributed by atoms with Gasteiger partial charge in [-0.1, -0.05) is 0 Å². The average molecular weight is 280 g/mol. The summed E-state index contributed by atoms with van der Waals surface area (Å²) in [5.74, 6) is -0.863. The van der Waals surface area contributed by atoms with E-state index in [1.807, 2.05) is 0 Å². The number of aliphatic carboxylic acids is 1. The highest BCUT2D eigenvalue weighted by Gasteiger charge is 2.10. The molecule has 7 heteroatoms. The Morgan fingerprint density at radius 3 is 2.60 bits per heavy atom. The summed E-state index contributed by atoms with van der Waals surface area (Å²) in [7, 11) is 0. The van der Waals surface area contributed by atoms with Gasteiger partial charge in [0.05, 0.1) is 0 Å². The molecule has 2 rings (SSSR count). The van der Waals surface area contributed by atoms with Crippen molar-refractivity contribution in [3.63, 3.8) is 0 Å². The number of fused-ring (bicyclic) bond motifs is 1. The number of carboxylic acids is 1. The van der Waals surface area contributed by atoms with Gasteiger partial charge in [0.1, 0.15) is 0 Å². The lowest BCUT2D eigenvalue weighted by atomic mass is 10.2. The van der Waals surface area contributed by atoms with Gasteiger partial charge in [0.15, 0.2) is 11.4 Å². The van der Waals surface area contributed by atoms with Gasteiger partial charge in [0, 0.05) is 37.4 Å². The number of nitrogens with zero attached hydrogens (tertiary/aromatic N) is 2. The Morgan fingerprint density at radius 1 is 1.45 bits per heavy atom. The van der Waals surface area contributed by atoms with Crippen molar-refractivity contribution in [2.45, 2.75) is 20.3 Å². The largest absolute Gasteiger partial charge is 0.504 e. The molecular weight excluding hydrogens is 264 g/mol. The summed E-state index contributed by atoms with van der Waals surface area (Å²) >= 11 is 0. The zero-order valence-electron chi connectivity index (χ0n) is 11.2. The quantitative estimate of drug-likeness (QED) is 0.731. The molecule has 0 saturated heterocycles. The van der Waals surface area contributed by atoms with Crippen molar-refractivity contribution >= 4 is 11.6 Å². The number of aliphatic hydroxyl groups is 1. The summed E-state index contributed by atoms with van der Waals surface area (Å²) in [6.07, 6.45) is 1.82. The molecule has 20 heavy (non-hydrogen) atoms. The van der Waals surface area contributed by atoms with E-state index in [-0.39, 0.29) is 30.0 Å². The summed E-state index contributed by atoms with van der Waals surface area (Å²) < 4.78 is 1.29. The number of aromatic nitrogens is 2. The lowest BCUT2D eigenvalue weighted by molar-refractivity contribution is -0.134. The summed E-state index contributed by atoms with van der Waals surface area (Å²) in [4.78, 5) is 25.1. The van der Waals surface area contributed by atoms with Crippen LogP contribution in [0.4, 0.5) is 0 Å². The van der Waals surface area contributed by atoms with E-state index in [1.54, 1.807) is 19.2 Å². The first-order valence-electron chi connectivity index (χ1n) is 5.88. The number of rotatable bonds is 2. The number of carboxylic acid groups (broad SMARTS) is 1. The molecule has 2 aromatic rings. The molecule has 0 aliphatic heterocycles. The van der Waals surface area contributed by atoms with Gasteiger partial charge in [-0.3, -0.25) is 14.0 Å². The van der Waals surface area contributed by atoms with E-state index in [4.69, 9.17) is 15.0 Å². The molecule has 0 bridgehead atoms. The zero-order valence-corrected chi connectivity index (χ0v) is 11.2. The van der Waals surface area contributed by atoms with Crippen molar-refractivity contribution in [1.82, 2.24) is 9.38 Å². The molecule has 0 aromatic carbocycles. The van der Waals surface area contributed by atoms with E-state index in [2.05, 4.69) is 4.98 Å². The summed E-state index contributed by atoms with van der Waals surface area (Å²) in [6.45, 7) is 2.68. The highest BCUT2D eigenvalue weighted by molar-refractivity contribution is 5.63. The molecule has 0 atom stereocenters. The normalized spacial score (nSPS) is 9.95. The first kappa shape index (κ1) is 15.6. The van der Waals surface area contributed by atoms with Gasteiger partial charge in [0.2, 0.25) is 0 Å². The van der Waals surface area contributed by atoms with Crippen LogP contribution in [-0.2, 0) is 11.2 Å². The van der Waals surface area contributed by atoms with E-state index in [0.717, 1.165) is 6.92 Å². The Bertz CT molecular complexity index is 674. The molecule has 3 N–H and O–H groups in total. The molecule has 2 heterocycles. The molecule has 108 valence electrons. The fourth-order valence-corrected chi connectivity index (χ4v) is 1.69. The minimum Gasteiger partial charge on any atom is -0.504 e. The topological polar surface area (TPSA) is 112 Å². The van der Waals surface area contributed by atoms with Gasteiger partial charge in [-0.25, -0.2) is 4.98 Å². The molecule has 0 radical (unpaired) electrons. The Hall–Kier alpha value is -2.41. The second-order valence-electron chi connectivity index (χ2n) is 4.06. The molecule has 2 aromatic heterocycles. The maximum atomic E-state index is 12.0. The predicted octanol–water partition coefficient (Wildman–Crippen LogP) is 0.334. The van der Waals surface area contributed by atoms with Gasteiger partial charge in [-0.15, -0.1) is 0 Å². The predicted molar refractivity (Wildman–Crippen MR) is 72.0 cm³/mol. The maximum absolute atomic E-state index is 12.0. The van der Waals surface area contributed by atoms with Gasteiger partial charge >= 0.3 is 0 Å². The van der Waals surface area contributed by atoms with Gasteiger partial charge in [-0.05, 0) is 19.1 Å². The summed E-state index contributed by atoms with van der Waals surface area (Å²) in [5, 5.41) is 25.9. The van der Waals surface area contributed by atoms with Crippen molar-refractivity contribution in [1.29, 1.82) is 0 Å². The van der Waals surface area contributed by atoms with Gasteiger partial charge < -0.3 is 15.3 Å². The third-order valence-electron chi connectivity index (χ3n) is 2.50. The molecule has 0 amide bonds. The molecular formula is C13H16N2O5. The van der Waals surface area contributed by atoms with Crippen LogP contribution >= 0.6 is 0 Å². The molecule has 0 spiro atoms. The Morgan fingerprint density at radius 2 is 2.05 bits per heavy atom. The molecule has 0 unspecified atom stereocenters. The summed E-state index contributed by atoms with van der Waals surface area (Å²) in [5.41, 5.74) is 1.02. The lowest BCUT2D eigenvalue weighted by Gasteiger charge is -2.07. The van der Waals surface area contributed by atoms with Gasteiger partial charge in [-0.2, -0.15) is 0 Å². The Labute approximate surface area is 114 Å². The average Bonchev–Trinajstić information content (AvgIpc) is 2.35. The fourth-order valence-electron chi connectivity index (χ4n) is 1.69. The monoisotopic (exact) mass is 280 g/mol. The number of carbonyl (C=O) groups is 1. The third kappa shape index (κ3) is 3.55. The van der Waals surface area contributed by atoms with Gasteiger partial charge in [0.25, 0.3) is 11.5 Å². The maximum Gasteiger partial charge on any atom is 0.300 e. The zero-order chi connectivity index (χ0) is 15.3. The number of aromatic hydroxyl groups is 1. The van der Waals surface area contributed by atoms with E-state index < -0.39 is 5.97 Å². The standard InChI is InChI=1S/C11H12N2O3.C2H4O2/c1-7-8(4-6-14)11(16)13-5-2-3-9(15)10(13)12-7;1-2(3)4/h2-3,5,14-15H,4,6H2,1H3;1H3,(H,3,4). The fraction of sp³-hybridized carbons (Fsp3) is 0.308. The first-order chi connectivity index (χ1) is 9.38. The van der Waals surface area contributed by atoms with Crippen LogP contribution < -0.4 is 5.56 Å². The van der Waals surface area contributed by atoms with Crippen molar-refractivity contribution in [2.24, 2.45) is 0 Å². The van der Waals surface area contributed by atoms with Crippen LogP contribution in [0.15, 0.2) is 23.1 Å². The Balaban J connectivity index is 0.000000444. The minimum absolute atomic E-state index is 0.0294. The molecule has 0 saturated carbocycles. The number of hydrogen-bond donors (Lipinski definition) is 3. The van der Waals surface area contributed by atoms with Crippen molar-refractivity contribution in [3.05, 3.63) is 39.9 Å². The van der Waals surface area contributed by atoms with Crippen molar-refractivity contribution in [2.75, 3.05) is 6.61 Å². The van der Waals surface area contributed by atoms with Crippen LogP contribution in [-0.4, -0.2) is 37.3 Å². The molecule has 0 aliphatic carbocycles. The second-order valence-corrected chi connectivity index (χ2v) is 4.06.